The molecule has 0 aliphatic carbocycles. The number of nitrogens with zero attached hydrogens (tertiary/aromatic N) is 1. The lowest BCUT2D eigenvalue weighted by Gasteiger charge is -2.08. The number of carbonyl (C=O) groups is 2. The van der Waals surface area contributed by atoms with Gasteiger partial charge >= 0.3 is 5.97 Å². The quantitative estimate of drug-likeness (QED) is 0.523. The van der Waals surface area contributed by atoms with Crippen LogP contribution in [0.4, 0.5) is 0 Å². The van der Waals surface area contributed by atoms with Gasteiger partial charge in [0.25, 0.3) is 5.91 Å². The first-order valence-electron chi connectivity index (χ1n) is 6.71. The Morgan fingerprint density at radius 1 is 1.18 bits per heavy atom. The number of carbonyl (C=O) groups excluding carboxylic acids is 2. The zero-order chi connectivity index (χ0) is 15.9. The fourth-order valence-electron chi connectivity index (χ4n) is 1.84. The Morgan fingerprint density at radius 2 is 1.91 bits per heavy atom. The van der Waals surface area contributed by atoms with Crippen LogP contribution in [0.3, 0.4) is 0 Å². The van der Waals surface area contributed by atoms with Crippen LogP contribution in [0.15, 0.2) is 42.6 Å². The zero-order valence-electron chi connectivity index (χ0n) is 12.0. The summed E-state index contributed by atoms with van der Waals surface area (Å²) in [5.41, 5.74) is 1.65. The highest BCUT2D eigenvalue weighted by atomic mass is 35.5. The summed E-state index contributed by atoms with van der Waals surface area (Å²) in [6.07, 6.45) is 1.50. The molecule has 0 saturated heterocycles. The number of nitrogens with one attached hydrogen (secondary N) is 1. The minimum Gasteiger partial charge on any atom is -0.460 e. The van der Waals surface area contributed by atoms with E-state index in [1.165, 1.54) is 6.20 Å². The van der Waals surface area contributed by atoms with Crippen LogP contribution in [0.1, 0.15) is 26.3 Å². The van der Waals surface area contributed by atoms with Crippen molar-refractivity contribution in [3.63, 3.8) is 0 Å². The number of hydrogen-bond acceptors (Lipinski definition) is 4. The second-order valence-corrected chi connectivity index (χ2v) is 4.91. The topological polar surface area (TPSA) is 68.3 Å². The summed E-state index contributed by atoms with van der Waals surface area (Å²) < 4.78 is 5.12. The van der Waals surface area contributed by atoms with Crippen molar-refractivity contribution in [2.75, 3.05) is 13.2 Å². The lowest BCUT2D eigenvalue weighted by Crippen LogP contribution is -2.28. The van der Waals surface area contributed by atoms with Gasteiger partial charge in [-0.2, -0.15) is 0 Å². The minimum absolute atomic E-state index is 0.0801. The smallest absolute Gasteiger partial charge is 0.338 e. The Bertz CT molecular complexity index is 629. The van der Waals surface area contributed by atoms with Gasteiger partial charge in [-0.1, -0.05) is 29.8 Å². The standard InChI is InChI=1S/C16H15ClN2O3/c1-11-5-2-3-6-12(11)16(21)22-10-9-19-15(20)13-7-4-8-18-14(13)17/h2-8H,9-10H2,1H3,(H,19,20). The van der Waals surface area contributed by atoms with E-state index in [0.717, 1.165) is 5.56 Å². The molecule has 0 atom stereocenters. The molecule has 1 aromatic heterocycles. The van der Waals surface area contributed by atoms with Gasteiger partial charge in [-0.3, -0.25) is 4.79 Å². The summed E-state index contributed by atoms with van der Waals surface area (Å²) >= 11 is 5.82. The molecule has 114 valence electrons. The number of ether oxygens (including phenoxy) is 1. The van der Waals surface area contributed by atoms with Crippen LogP contribution in [0.5, 0.6) is 0 Å². The van der Waals surface area contributed by atoms with Crippen molar-refractivity contribution in [1.29, 1.82) is 0 Å². The molecule has 0 fully saturated rings. The molecular formula is C16H15ClN2O3. The molecule has 2 rings (SSSR count). The molecule has 5 nitrogen and oxygen atoms in total. The van der Waals surface area contributed by atoms with E-state index in [-0.39, 0.29) is 29.8 Å². The van der Waals surface area contributed by atoms with Gasteiger partial charge in [0, 0.05) is 6.20 Å². The number of halogens is 1. The Labute approximate surface area is 133 Å². The number of amides is 1. The average Bonchev–Trinajstić information content (AvgIpc) is 2.52. The molecule has 0 radical (unpaired) electrons. The molecule has 0 aliphatic rings. The van der Waals surface area contributed by atoms with Crippen molar-refractivity contribution < 1.29 is 14.3 Å². The number of aryl methyl sites for hydroxylation is 1. The van der Waals surface area contributed by atoms with Crippen molar-refractivity contribution in [3.05, 3.63) is 64.4 Å². The van der Waals surface area contributed by atoms with E-state index in [0.29, 0.717) is 5.56 Å². The van der Waals surface area contributed by atoms with Crippen molar-refractivity contribution in [1.82, 2.24) is 10.3 Å². The van der Waals surface area contributed by atoms with Crippen LogP contribution in [0.25, 0.3) is 0 Å². The number of hydrogen-bond donors (Lipinski definition) is 1. The third-order valence-corrected chi connectivity index (χ3v) is 3.29. The second kappa shape index (κ2) is 7.56. The molecule has 0 saturated carbocycles. The van der Waals surface area contributed by atoms with E-state index in [9.17, 15) is 9.59 Å². The van der Waals surface area contributed by atoms with Crippen molar-refractivity contribution in [2.24, 2.45) is 0 Å². The molecule has 22 heavy (non-hydrogen) atoms. The highest BCUT2D eigenvalue weighted by Crippen LogP contribution is 2.11. The van der Waals surface area contributed by atoms with Crippen LogP contribution in [0.2, 0.25) is 5.15 Å². The van der Waals surface area contributed by atoms with Crippen LogP contribution in [0, 0.1) is 6.92 Å². The summed E-state index contributed by atoms with van der Waals surface area (Å²) in [4.78, 5) is 27.6. The van der Waals surface area contributed by atoms with Crippen LogP contribution in [-0.2, 0) is 4.74 Å². The highest BCUT2D eigenvalue weighted by Gasteiger charge is 2.11. The van der Waals surface area contributed by atoms with Crippen LogP contribution >= 0.6 is 11.6 Å². The summed E-state index contributed by atoms with van der Waals surface area (Å²) in [7, 11) is 0. The number of esters is 1. The molecule has 0 spiro atoms. The lowest BCUT2D eigenvalue weighted by atomic mass is 10.1. The zero-order valence-corrected chi connectivity index (χ0v) is 12.8. The number of pyridine rings is 1. The summed E-state index contributed by atoms with van der Waals surface area (Å²) in [5, 5.41) is 2.76. The minimum atomic E-state index is -0.410. The number of rotatable bonds is 5. The lowest BCUT2D eigenvalue weighted by molar-refractivity contribution is 0.0502. The van der Waals surface area contributed by atoms with E-state index in [4.69, 9.17) is 16.3 Å². The SMILES string of the molecule is Cc1ccccc1C(=O)OCCNC(=O)c1cccnc1Cl. The largest absolute Gasteiger partial charge is 0.460 e. The van der Waals surface area contributed by atoms with Crippen LogP contribution in [-0.4, -0.2) is 30.0 Å². The molecule has 1 heterocycles. The van der Waals surface area contributed by atoms with Crippen molar-refractivity contribution >= 4 is 23.5 Å². The summed E-state index contributed by atoms with van der Waals surface area (Å²) in [6, 6.07) is 10.4. The van der Waals surface area contributed by atoms with E-state index >= 15 is 0 Å². The molecule has 1 aromatic carbocycles. The predicted octanol–water partition coefficient (Wildman–Crippen LogP) is 2.63. The molecular weight excluding hydrogens is 304 g/mol. The second-order valence-electron chi connectivity index (χ2n) is 4.55. The number of benzene rings is 1. The van der Waals surface area contributed by atoms with Crippen LogP contribution < -0.4 is 5.32 Å². The Kier molecular flexibility index (Phi) is 5.49. The van der Waals surface area contributed by atoms with Gasteiger partial charge < -0.3 is 10.1 Å². The van der Waals surface area contributed by atoms with E-state index in [1.807, 2.05) is 19.1 Å². The molecule has 0 unspecified atom stereocenters. The van der Waals surface area contributed by atoms with Gasteiger partial charge in [-0.15, -0.1) is 0 Å². The Morgan fingerprint density at radius 3 is 2.64 bits per heavy atom. The van der Waals surface area contributed by atoms with E-state index in [2.05, 4.69) is 10.3 Å². The fraction of sp³-hybridized carbons (Fsp3) is 0.188. The van der Waals surface area contributed by atoms with Gasteiger partial charge in [0.1, 0.15) is 11.8 Å². The van der Waals surface area contributed by atoms with Gasteiger partial charge in [-0.25, -0.2) is 9.78 Å². The molecule has 2 aromatic rings. The maximum absolute atomic E-state index is 11.9. The number of aromatic nitrogens is 1. The Hall–Kier alpha value is -2.40. The molecule has 6 heteroatoms. The first kappa shape index (κ1) is 16.0. The average molecular weight is 319 g/mol. The Balaban J connectivity index is 1.80. The maximum Gasteiger partial charge on any atom is 0.338 e. The van der Waals surface area contributed by atoms with Gasteiger partial charge in [0.15, 0.2) is 0 Å². The fourth-order valence-corrected chi connectivity index (χ4v) is 2.04. The normalized spacial score (nSPS) is 10.1. The molecule has 1 amide bonds. The monoisotopic (exact) mass is 318 g/mol. The van der Waals surface area contributed by atoms with Crippen molar-refractivity contribution in [3.8, 4) is 0 Å². The first-order chi connectivity index (χ1) is 10.6. The maximum atomic E-state index is 11.9. The predicted molar refractivity (Wildman–Crippen MR) is 83.0 cm³/mol. The molecule has 0 bridgehead atoms. The summed E-state index contributed by atoms with van der Waals surface area (Å²) in [5.74, 6) is -0.767. The summed E-state index contributed by atoms with van der Waals surface area (Å²) in [6.45, 7) is 2.11. The third-order valence-electron chi connectivity index (χ3n) is 2.99. The highest BCUT2D eigenvalue weighted by molar-refractivity contribution is 6.32. The van der Waals surface area contributed by atoms with Gasteiger partial charge in [0.05, 0.1) is 17.7 Å². The third kappa shape index (κ3) is 4.05. The van der Waals surface area contributed by atoms with E-state index < -0.39 is 5.97 Å². The van der Waals surface area contributed by atoms with Gasteiger partial charge in [0.2, 0.25) is 0 Å². The molecule has 1 N–H and O–H groups in total. The van der Waals surface area contributed by atoms with Crippen molar-refractivity contribution in [2.45, 2.75) is 6.92 Å². The van der Waals surface area contributed by atoms with Gasteiger partial charge in [-0.05, 0) is 30.7 Å². The first-order valence-corrected chi connectivity index (χ1v) is 7.09. The van der Waals surface area contributed by atoms with E-state index in [1.54, 1.807) is 24.3 Å². The molecule has 0 aliphatic heterocycles.